The van der Waals surface area contributed by atoms with Crippen molar-refractivity contribution in [2.75, 3.05) is 6.54 Å². The molecular weight excluding hydrogens is 359 g/mol. The fourth-order valence-electron chi connectivity index (χ4n) is 3.14. The van der Waals surface area contributed by atoms with Gasteiger partial charge in [-0.05, 0) is 36.1 Å². The zero-order valence-electron chi connectivity index (χ0n) is 14.9. The summed E-state index contributed by atoms with van der Waals surface area (Å²) in [6.45, 7) is 1.87. The molecule has 0 saturated heterocycles. The second kappa shape index (κ2) is 7.76. The van der Waals surface area contributed by atoms with Crippen molar-refractivity contribution >= 4 is 5.91 Å². The summed E-state index contributed by atoms with van der Waals surface area (Å²) in [7, 11) is 0. The molecule has 2 N–H and O–H groups in total. The van der Waals surface area contributed by atoms with E-state index in [4.69, 9.17) is 4.42 Å². The number of aliphatic hydroxyl groups is 1. The van der Waals surface area contributed by atoms with Crippen molar-refractivity contribution in [2.45, 2.75) is 44.4 Å². The maximum absolute atomic E-state index is 13.0. The van der Waals surface area contributed by atoms with Crippen LogP contribution in [0.5, 0.6) is 0 Å². The number of carbonyl (C=O) groups excluding carboxylic acids is 1. The van der Waals surface area contributed by atoms with Crippen molar-refractivity contribution in [3.05, 3.63) is 59.0 Å². The number of alkyl halides is 3. The largest absolute Gasteiger partial charge is 0.466 e. The highest BCUT2D eigenvalue weighted by molar-refractivity contribution is 5.76. The quantitative estimate of drug-likeness (QED) is 0.755. The molecule has 0 radical (unpaired) electrons. The monoisotopic (exact) mass is 381 g/mol. The van der Waals surface area contributed by atoms with E-state index in [9.17, 15) is 23.1 Å². The molecule has 0 spiro atoms. The van der Waals surface area contributed by atoms with Gasteiger partial charge in [0, 0.05) is 25.3 Å². The summed E-state index contributed by atoms with van der Waals surface area (Å²) in [5.74, 6) is 2.40. The fourth-order valence-corrected chi connectivity index (χ4v) is 3.14. The summed E-state index contributed by atoms with van der Waals surface area (Å²) in [5, 5.41) is 12.5. The molecule has 1 amide bonds. The van der Waals surface area contributed by atoms with Crippen molar-refractivity contribution in [2.24, 2.45) is 5.92 Å². The van der Waals surface area contributed by atoms with Crippen LogP contribution in [0, 0.1) is 5.92 Å². The number of hydrogen-bond donors (Lipinski definition) is 2. The molecule has 3 atom stereocenters. The first-order valence-electron chi connectivity index (χ1n) is 8.95. The van der Waals surface area contributed by atoms with E-state index in [0.29, 0.717) is 24.0 Å². The molecule has 0 aliphatic heterocycles. The minimum atomic E-state index is -4.56. The first kappa shape index (κ1) is 19.5. The molecule has 3 rings (SSSR count). The lowest BCUT2D eigenvalue weighted by atomic mass is 10.0. The lowest BCUT2D eigenvalue weighted by Gasteiger charge is -2.17. The number of furan rings is 1. The third-order valence-corrected chi connectivity index (χ3v) is 4.87. The average Bonchev–Trinajstić information content (AvgIpc) is 3.17. The molecule has 27 heavy (non-hydrogen) atoms. The Labute approximate surface area is 155 Å². The highest BCUT2D eigenvalue weighted by Crippen LogP contribution is 2.47. The van der Waals surface area contributed by atoms with E-state index >= 15 is 0 Å². The molecule has 2 aromatic rings. The van der Waals surface area contributed by atoms with Gasteiger partial charge in [-0.1, -0.05) is 25.1 Å². The highest BCUT2D eigenvalue weighted by Gasteiger charge is 2.36. The van der Waals surface area contributed by atoms with E-state index in [1.54, 1.807) is 0 Å². The van der Waals surface area contributed by atoms with Gasteiger partial charge in [0.15, 0.2) is 0 Å². The molecule has 1 fully saturated rings. The molecule has 0 bridgehead atoms. The van der Waals surface area contributed by atoms with Crippen molar-refractivity contribution < 1.29 is 27.5 Å². The van der Waals surface area contributed by atoms with Gasteiger partial charge in [-0.25, -0.2) is 0 Å². The van der Waals surface area contributed by atoms with Crippen LogP contribution in [0.3, 0.4) is 0 Å². The Morgan fingerprint density at radius 1 is 1.30 bits per heavy atom. The van der Waals surface area contributed by atoms with Crippen molar-refractivity contribution in [1.82, 2.24) is 5.32 Å². The summed E-state index contributed by atoms with van der Waals surface area (Å²) in [6.07, 6.45) is -4.33. The topological polar surface area (TPSA) is 62.5 Å². The Hall–Kier alpha value is -2.28. The molecule has 7 heteroatoms. The van der Waals surface area contributed by atoms with E-state index in [0.717, 1.165) is 18.2 Å². The maximum Gasteiger partial charge on any atom is 0.416 e. The Balaban J connectivity index is 1.48. The van der Waals surface area contributed by atoms with Gasteiger partial charge < -0.3 is 14.8 Å². The molecule has 1 aliphatic rings. The van der Waals surface area contributed by atoms with E-state index in [2.05, 4.69) is 12.2 Å². The highest BCUT2D eigenvalue weighted by atomic mass is 19.4. The Morgan fingerprint density at radius 2 is 2.00 bits per heavy atom. The van der Waals surface area contributed by atoms with Crippen LogP contribution in [0.25, 0.3) is 0 Å². The summed E-state index contributed by atoms with van der Waals surface area (Å²) >= 11 is 0. The van der Waals surface area contributed by atoms with Gasteiger partial charge in [0.1, 0.15) is 11.5 Å². The molecule has 146 valence electrons. The van der Waals surface area contributed by atoms with Gasteiger partial charge in [-0.3, -0.25) is 4.79 Å². The van der Waals surface area contributed by atoms with Crippen LogP contribution >= 0.6 is 0 Å². The normalized spacial score (nSPS) is 20.3. The van der Waals surface area contributed by atoms with E-state index in [1.165, 1.54) is 18.2 Å². The van der Waals surface area contributed by atoms with Crippen LogP contribution in [0.15, 0.2) is 40.8 Å². The predicted octanol–water partition coefficient (Wildman–Crippen LogP) is 4.20. The Bertz CT molecular complexity index is 800. The van der Waals surface area contributed by atoms with Crippen LogP contribution in [-0.2, 0) is 17.4 Å². The number of amides is 1. The maximum atomic E-state index is 13.0. The van der Waals surface area contributed by atoms with E-state index in [-0.39, 0.29) is 24.4 Å². The second-order valence-electron chi connectivity index (χ2n) is 7.03. The van der Waals surface area contributed by atoms with Gasteiger partial charge in [0.25, 0.3) is 0 Å². The fraction of sp³-hybridized carbons (Fsp3) is 0.450. The van der Waals surface area contributed by atoms with Gasteiger partial charge in [0.2, 0.25) is 5.91 Å². The number of carbonyl (C=O) groups is 1. The van der Waals surface area contributed by atoms with Crippen LogP contribution in [0.4, 0.5) is 13.2 Å². The molecule has 3 unspecified atom stereocenters. The van der Waals surface area contributed by atoms with Crippen LogP contribution in [0.1, 0.15) is 54.4 Å². The smallest absolute Gasteiger partial charge is 0.416 e. The molecule has 4 nitrogen and oxygen atoms in total. The molecule has 1 saturated carbocycles. The summed E-state index contributed by atoms with van der Waals surface area (Å²) in [5.41, 5.74) is -1.15. The van der Waals surface area contributed by atoms with Crippen LogP contribution in [0.2, 0.25) is 0 Å². The number of nitrogens with one attached hydrogen (secondary N) is 1. The number of benzene rings is 1. The number of halogens is 3. The van der Waals surface area contributed by atoms with Crippen molar-refractivity contribution in [3.63, 3.8) is 0 Å². The number of aliphatic hydroxyl groups excluding tert-OH is 1. The summed E-state index contributed by atoms with van der Waals surface area (Å²) in [4.78, 5) is 12.0. The molecule has 1 aromatic carbocycles. The minimum absolute atomic E-state index is 0.140. The number of aryl methyl sites for hydroxylation is 1. The minimum Gasteiger partial charge on any atom is -0.466 e. The third-order valence-electron chi connectivity index (χ3n) is 4.87. The number of rotatable bonds is 7. The van der Waals surface area contributed by atoms with E-state index in [1.807, 2.05) is 12.1 Å². The first-order chi connectivity index (χ1) is 12.8. The summed E-state index contributed by atoms with van der Waals surface area (Å²) < 4.78 is 44.7. The van der Waals surface area contributed by atoms with Gasteiger partial charge >= 0.3 is 6.18 Å². The average molecular weight is 381 g/mol. The summed E-state index contributed by atoms with van der Waals surface area (Å²) in [6, 6.07) is 8.59. The van der Waals surface area contributed by atoms with Crippen LogP contribution in [-0.4, -0.2) is 17.6 Å². The lowest BCUT2D eigenvalue weighted by Crippen LogP contribution is -2.29. The molecule has 1 aliphatic carbocycles. The Kier molecular flexibility index (Phi) is 5.60. The SMILES string of the molecule is CC1CC1c1ccc(CCC(=O)NCC(O)c2ccccc2C(F)(F)F)o1. The Morgan fingerprint density at radius 3 is 2.67 bits per heavy atom. The van der Waals surface area contributed by atoms with Crippen molar-refractivity contribution in [1.29, 1.82) is 0 Å². The van der Waals surface area contributed by atoms with Gasteiger partial charge in [-0.2, -0.15) is 13.2 Å². The second-order valence-corrected chi connectivity index (χ2v) is 7.03. The molecule has 1 aromatic heterocycles. The molecule has 1 heterocycles. The predicted molar refractivity (Wildman–Crippen MR) is 93.0 cm³/mol. The lowest BCUT2D eigenvalue weighted by molar-refractivity contribution is -0.139. The standard InChI is InChI=1S/C20H22F3NO3/c1-12-10-15(12)18-8-6-13(27-18)7-9-19(26)24-11-17(25)14-4-2-3-5-16(14)20(21,22)23/h2-6,8,12,15,17,25H,7,9-11H2,1H3,(H,24,26). The first-order valence-corrected chi connectivity index (χ1v) is 8.95. The molecular formula is C20H22F3NO3. The zero-order chi connectivity index (χ0) is 19.6. The van der Waals surface area contributed by atoms with Crippen LogP contribution < -0.4 is 5.32 Å². The van der Waals surface area contributed by atoms with Crippen molar-refractivity contribution in [3.8, 4) is 0 Å². The zero-order valence-corrected chi connectivity index (χ0v) is 14.9. The van der Waals surface area contributed by atoms with Gasteiger partial charge in [-0.15, -0.1) is 0 Å². The van der Waals surface area contributed by atoms with Gasteiger partial charge in [0.05, 0.1) is 11.7 Å². The number of hydrogen-bond acceptors (Lipinski definition) is 3. The van der Waals surface area contributed by atoms with E-state index < -0.39 is 17.8 Å². The third kappa shape index (κ3) is 4.91.